The van der Waals surface area contributed by atoms with E-state index < -0.39 is 5.41 Å². The maximum absolute atomic E-state index is 12.2. The van der Waals surface area contributed by atoms with Gasteiger partial charge in [0, 0.05) is 19.1 Å². The van der Waals surface area contributed by atoms with Crippen LogP contribution in [0.5, 0.6) is 0 Å². The molecule has 0 heterocycles. The molecule has 0 saturated heterocycles. The molecule has 0 N–H and O–H groups in total. The zero-order valence-corrected chi connectivity index (χ0v) is 10.5. The van der Waals surface area contributed by atoms with Gasteiger partial charge in [-0.15, -0.1) is 0 Å². The number of carbonyl (C=O) groups excluding carboxylic acids is 1. The molecule has 3 heteroatoms. The highest BCUT2D eigenvalue weighted by molar-refractivity contribution is 5.94. The van der Waals surface area contributed by atoms with Gasteiger partial charge in [-0.2, -0.15) is 5.26 Å². The van der Waals surface area contributed by atoms with Gasteiger partial charge in [0.25, 0.3) is 0 Å². The third-order valence-corrected chi connectivity index (χ3v) is 3.64. The molecule has 90 valence electrons. The molecule has 0 bridgehead atoms. The Labute approximate surface area is 97.8 Å². The summed E-state index contributed by atoms with van der Waals surface area (Å²) < 4.78 is 4.97. The molecule has 0 aromatic rings. The van der Waals surface area contributed by atoms with E-state index in [2.05, 4.69) is 6.07 Å². The van der Waals surface area contributed by atoms with Crippen LogP contribution in [0.4, 0.5) is 0 Å². The molecule has 0 aliphatic heterocycles. The van der Waals surface area contributed by atoms with Crippen molar-refractivity contribution in [3.63, 3.8) is 0 Å². The number of Topliss-reactive ketones (excluding diaryl/α,β-unsaturated/α-hetero) is 1. The topological polar surface area (TPSA) is 50.1 Å². The van der Waals surface area contributed by atoms with Crippen LogP contribution >= 0.6 is 0 Å². The van der Waals surface area contributed by atoms with Crippen LogP contribution in [0.25, 0.3) is 0 Å². The Kier molecular flexibility index (Phi) is 4.09. The second kappa shape index (κ2) is 4.97. The number of rotatable bonds is 5. The molecule has 1 fully saturated rings. The number of ether oxygens (including phenoxy) is 1. The van der Waals surface area contributed by atoms with Crippen LogP contribution in [0.3, 0.4) is 0 Å². The van der Waals surface area contributed by atoms with E-state index in [1.165, 1.54) is 0 Å². The molecule has 0 aromatic carbocycles. The first-order valence-corrected chi connectivity index (χ1v) is 5.94. The molecule has 0 radical (unpaired) electrons. The van der Waals surface area contributed by atoms with Gasteiger partial charge in [-0.1, -0.05) is 13.8 Å². The molecule has 3 nitrogen and oxygen atoms in total. The number of nitriles is 1. The highest BCUT2D eigenvalue weighted by Gasteiger charge is 2.51. The third kappa shape index (κ3) is 2.44. The average molecular weight is 223 g/mol. The van der Waals surface area contributed by atoms with Crippen molar-refractivity contribution in [3.05, 3.63) is 0 Å². The minimum Gasteiger partial charge on any atom is -0.385 e. The lowest BCUT2D eigenvalue weighted by molar-refractivity contribution is -0.130. The van der Waals surface area contributed by atoms with E-state index in [1.54, 1.807) is 7.11 Å². The predicted molar refractivity (Wildman–Crippen MR) is 61.8 cm³/mol. The Morgan fingerprint density at radius 3 is 2.50 bits per heavy atom. The van der Waals surface area contributed by atoms with Gasteiger partial charge in [0.05, 0.1) is 6.07 Å². The standard InChI is InChI=1S/C13H21NO2/c1-12(2)7-8-13(10-14,11(12)15)6-4-5-9-16-3/h4-9H2,1-3H3. The molecule has 0 spiro atoms. The van der Waals surface area contributed by atoms with Crippen molar-refractivity contribution in [2.75, 3.05) is 13.7 Å². The van der Waals surface area contributed by atoms with E-state index in [1.807, 2.05) is 13.8 Å². The highest BCUT2D eigenvalue weighted by atomic mass is 16.5. The van der Waals surface area contributed by atoms with Gasteiger partial charge < -0.3 is 4.74 Å². The largest absolute Gasteiger partial charge is 0.385 e. The van der Waals surface area contributed by atoms with Crippen LogP contribution in [0.15, 0.2) is 0 Å². The second-order valence-corrected chi connectivity index (χ2v) is 5.36. The van der Waals surface area contributed by atoms with Gasteiger partial charge in [0.2, 0.25) is 0 Å². The Morgan fingerprint density at radius 1 is 1.38 bits per heavy atom. The fourth-order valence-corrected chi connectivity index (χ4v) is 2.47. The Balaban J connectivity index is 2.60. The third-order valence-electron chi connectivity index (χ3n) is 3.64. The van der Waals surface area contributed by atoms with Crippen molar-refractivity contribution in [2.45, 2.75) is 46.0 Å². The number of ketones is 1. The Bertz CT molecular complexity index is 304. The fraction of sp³-hybridized carbons (Fsp3) is 0.846. The highest BCUT2D eigenvalue weighted by Crippen LogP contribution is 2.48. The number of methoxy groups -OCH3 is 1. The maximum Gasteiger partial charge on any atom is 0.158 e. The second-order valence-electron chi connectivity index (χ2n) is 5.36. The molecule has 1 aliphatic carbocycles. The van der Waals surface area contributed by atoms with E-state index in [0.717, 1.165) is 25.7 Å². The minimum absolute atomic E-state index is 0.139. The summed E-state index contributed by atoms with van der Waals surface area (Å²) in [6.45, 7) is 4.60. The van der Waals surface area contributed by atoms with Gasteiger partial charge in [-0.05, 0) is 32.1 Å². The van der Waals surface area contributed by atoms with Crippen LogP contribution in [0.1, 0.15) is 46.0 Å². The lowest BCUT2D eigenvalue weighted by atomic mass is 9.77. The zero-order chi connectivity index (χ0) is 12.2. The van der Waals surface area contributed by atoms with Crippen molar-refractivity contribution >= 4 is 5.78 Å². The number of nitrogens with zero attached hydrogens (tertiary/aromatic N) is 1. The molecule has 0 amide bonds. The maximum atomic E-state index is 12.2. The van der Waals surface area contributed by atoms with Gasteiger partial charge in [-0.3, -0.25) is 4.79 Å². The van der Waals surface area contributed by atoms with Gasteiger partial charge in [0.1, 0.15) is 5.41 Å². The average Bonchev–Trinajstić information content (AvgIpc) is 2.49. The van der Waals surface area contributed by atoms with Gasteiger partial charge >= 0.3 is 0 Å². The first-order valence-electron chi connectivity index (χ1n) is 5.94. The number of hydrogen-bond acceptors (Lipinski definition) is 3. The van der Waals surface area contributed by atoms with Gasteiger partial charge in [0.15, 0.2) is 5.78 Å². The number of unbranched alkanes of at least 4 members (excludes halogenated alkanes) is 1. The SMILES string of the molecule is COCCCCC1(C#N)CCC(C)(C)C1=O. The summed E-state index contributed by atoms with van der Waals surface area (Å²) in [5, 5.41) is 9.27. The van der Waals surface area contributed by atoms with Crippen molar-refractivity contribution in [2.24, 2.45) is 10.8 Å². The molecular weight excluding hydrogens is 202 g/mol. The lowest BCUT2D eigenvalue weighted by Gasteiger charge is -2.22. The summed E-state index contributed by atoms with van der Waals surface area (Å²) in [6, 6.07) is 2.27. The van der Waals surface area contributed by atoms with E-state index in [-0.39, 0.29) is 11.2 Å². The molecular formula is C13H21NO2. The molecule has 0 aromatic heterocycles. The van der Waals surface area contributed by atoms with E-state index >= 15 is 0 Å². The minimum atomic E-state index is -0.711. The van der Waals surface area contributed by atoms with E-state index in [0.29, 0.717) is 13.0 Å². The van der Waals surface area contributed by atoms with Crippen molar-refractivity contribution in [1.29, 1.82) is 5.26 Å². The Hall–Kier alpha value is -0.880. The number of carbonyl (C=O) groups is 1. The molecule has 1 unspecified atom stereocenters. The number of hydrogen-bond donors (Lipinski definition) is 0. The lowest BCUT2D eigenvalue weighted by Crippen LogP contribution is -2.31. The molecule has 1 rings (SSSR count). The Morgan fingerprint density at radius 2 is 2.06 bits per heavy atom. The molecule has 16 heavy (non-hydrogen) atoms. The van der Waals surface area contributed by atoms with Crippen LogP contribution in [-0.2, 0) is 9.53 Å². The fourth-order valence-electron chi connectivity index (χ4n) is 2.47. The van der Waals surface area contributed by atoms with Crippen molar-refractivity contribution < 1.29 is 9.53 Å². The predicted octanol–water partition coefficient (Wildman–Crippen LogP) is 2.70. The quantitative estimate of drug-likeness (QED) is 0.673. The molecule has 1 aliphatic rings. The summed E-state index contributed by atoms with van der Waals surface area (Å²) >= 11 is 0. The van der Waals surface area contributed by atoms with Crippen LogP contribution in [0, 0.1) is 22.2 Å². The summed E-state index contributed by atoms with van der Waals surface area (Å²) in [4.78, 5) is 12.2. The van der Waals surface area contributed by atoms with Crippen molar-refractivity contribution in [3.8, 4) is 6.07 Å². The first-order chi connectivity index (χ1) is 7.48. The van der Waals surface area contributed by atoms with Crippen molar-refractivity contribution in [1.82, 2.24) is 0 Å². The van der Waals surface area contributed by atoms with E-state index in [4.69, 9.17) is 4.74 Å². The normalized spacial score (nSPS) is 28.0. The molecule has 1 saturated carbocycles. The summed E-state index contributed by atoms with van der Waals surface area (Å²) in [5.74, 6) is 0.139. The molecule has 1 atom stereocenters. The van der Waals surface area contributed by atoms with Gasteiger partial charge in [-0.25, -0.2) is 0 Å². The monoisotopic (exact) mass is 223 g/mol. The van der Waals surface area contributed by atoms with E-state index in [9.17, 15) is 10.1 Å². The van der Waals surface area contributed by atoms with Crippen LogP contribution in [0.2, 0.25) is 0 Å². The summed E-state index contributed by atoms with van der Waals surface area (Å²) in [5.41, 5.74) is -1.02. The van der Waals surface area contributed by atoms with Crippen LogP contribution in [-0.4, -0.2) is 19.5 Å². The smallest absolute Gasteiger partial charge is 0.158 e. The van der Waals surface area contributed by atoms with Crippen LogP contribution < -0.4 is 0 Å². The summed E-state index contributed by atoms with van der Waals surface area (Å²) in [7, 11) is 1.67. The zero-order valence-electron chi connectivity index (χ0n) is 10.5. The summed E-state index contributed by atoms with van der Waals surface area (Å²) in [6.07, 6.45) is 4.07. The first kappa shape index (κ1) is 13.2.